The van der Waals surface area contributed by atoms with Crippen molar-refractivity contribution in [3.63, 3.8) is 0 Å². The molecule has 1 spiro atoms. The number of likely N-dealkylation sites (tertiary alicyclic amines) is 1. The number of fused-ring (bicyclic) bond motifs is 1. The van der Waals surface area contributed by atoms with Gasteiger partial charge in [-0.1, -0.05) is 62.4 Å². The predicted molar refractivity (Wildman–Crippen MR) is 153 cm³/mol. The van der Waals surface area contributed by atoms with Crippen molar-refractivity contribution in [1.29, 1.82) is 0 Å². The lowest BCUT2D eigenvalue weighted by Crippen LogP contribution is -2.57. The van der Waals surface area contributed by atoms with Gasteiger partial charge in [-0.15, -0.1) is 0 Å². The molecule has 5 rings (SSSR count). The Morgan fingerprint density at radius 1 is 1.05 bits per heavy atom. The summed E-state index contributed by atoms with van der Waals surface area (Å²) in [6, 6.07) is 13.8. The smallest absolute Gasteiger partial charge is 0.250 e. The van der Waals surface area contributed by atoms with Crippen LogP contribution in [0.1, 0.15) is 56.2 Å². The Morgan fingerprint density at radius 3 is 2.38 bits per heavy atom. The molecule has 3 aliphatic heterocycles. The SMILES string of the molecule is CCCNC(=O)[C@H]1[C@H]2C(=O)N([C@@H](CO)Cc3ccccc3)C(C(=O)Nc3c(C)cccc3C)C23CC[C@]1(CC)O3. The second-order valence-corrected chi connectivity index (χ2v) is 11.7. The van der Waals surface area contributed by atoms with Crippen LogP contribution in [0, 0.1) is 25.7 Å². The molecule has 2 aromatic carbocycles. The maximum absolute atomic E-state index is 14.5. The highest BCUT2D eigenvalue weighted by Crippen LogP contribution is 2.64. The van der Waals surface area contributed by atoms with Crippen LogP contribution in [-0.2, 0) is 25.5 Å². The van der Waals surface area contributed by atoms with Gasteiger partial charge in [-0.25, -0.2) is 0 Å². The zero-order valence-corrected chi connectivity index (χ0v) is 23.9. The van der Waals surface area contributed by atoms with E-state index in [9.17, 15) is 19.5 Å². The van der Waals surface area contributed by atoms with Gasteiger partial charge in [0.1, 0.15) is 11.6 Å². The number of hydrogen-bond acceptors (Lipinski definition) is 5. The van der Waals surface area contributed by atoms with Crippen LogP contribution in [0.5, 0.6) is 0 Å². The summed E-state index contributed by atoms with van der Waals surface area (Å²) in [5.74, 6) is -2.31. The summed E-state index contributed by atoms with van der Waals surface area (Å²) in [4.78, 5) is 44.0. The number of aryl methyl sites for hydroxylation is 2. The van der Waals surface area contributed by atoms with E-state index in [1.54, 1.807) is 4.90 Å². The molecule has 40 heavy (non-hydrogen) atoms. The van der Waals surface area contributed by atoms with Gasteiger partial charge in [-0.2, -0.15) is 0 Å². The molecule has 0 saturated carbocycles. The van der Waals surface area contributed by atoms with E-state index < -0.39 is 35.1 Å². The Labute approximate surface area is 236 Å². The first-order valence-electron chi connectivity index (χ1n) is 14.5. The van der Waals surface area contributed by atoms with Crippen molar-refractivity contribution < 1.29 is 24.2 Å². The van der Waals surface area contributed by atoms with Gasteiger partial charge in [-0.3, -0.25) is 14.4 Å². The van der Waals surface area contributed by atoms with Crippen LogP contribution in [0.3, 0.4) is 0 Å². The van der Waals surface area contributed by atoms with Crippen LogP contribution in [0.2, 0.25) is 0 Å². The Bertz CT molecular complexity index is 1260. The molecule has 3 aliphatic rings. The monoisotopic (exact) mass is 547 g/mol. The fourth-order valence-electron chi connectivity index (χ4n) is 7.45. The molecule has 2 unspecified atom stereocenters. The highest BCUT2D eigenvalue weighted by Gasteiger charge is 2.79. The number of nitrogens with zero attached hydrogens (tertiary/aromatic N) is 1. The molecule has 2 aromatic rings. The number of benzene rings is 2. The van der Waals surface area contributed by atoms with E-state index in [1.165, 1.54) is 0 Å². The lowest BCUT2D eigenvalue weighted by Gasteiger charge is -2.37. The van der Waals surface area contributed by atoms with Crippen LogP contribution in [0.4, 0.5) is 5.69 Å². The number of amides is 3. The zero-order valence-electron chi connectivity index (χ0n) is 23.9. The summed E-state index contributed by atoms with van der Waals surface area (Å²) in [5, 5.41) is 16.7. The number of aliphatic hydroxyl groups excluding tert-OH is 1. The normalized spacial score (nSPS) is 29.4. The van der Waals surface area contributed by atoms with Crippen LogP contribution >= 0.6 is 0 Å². The van der Waals surface area contributed by atoms with Crippen LogP contribution in [0.25, 0.3) is 0 Å². The van der Waals surface area contributed by atoms with Gasteiger partial charge >= 0.3 is 0 Å². The number of anilines is 1. The Kier molecular flexibility index (Phi) is 7.77. The van der Waals surface area contributed by atoms with Gasteiger partial charge in [-0.05, 0) is 62.6 Å². The molecule has 3 amide bonds. The minimum absolute atomic E-state index is 0.192. The highest BCUT2D eigenvalue weighted by atomic mass is 16.5. The summed E-state index contributed by atoms with van der Waals surface area (Å²) in [7, 11) is 0. The van der Waals surface area contributed by atoms with E-state index in [0.717, 1.165) is 23.1 Å². The third-order valence-corrected chi connectivity index (χ3v) is 9.35. The average molecular weight is 548 g/mol. The summed E-state index contributed by atoms with van der Waals surface area (Å²) < 4.78 is 6.85. The molecule has 8 nitrogen and oxygen atoms in total. The standard InChI is InChI=1S/C32H41N3O5/c1-5-17-33-28(37)24-25-30(39)35(23(19-36)18-22-13-8-7-9-14-22)27(32(25)16-15-31(24,6-2)40-32)29(38)34-26-20(3)11-10-12-21(26)4/h7-14,23-25,27,36H,5-6,15-19H2,1-4H3,(H,33,37)(H,34,38)/t23-,24-,25+,27?,31+,32?/m1/s1. The first-order valence-corrected chi connectivity index (χ1v) is 14.5. The molecule has 3 heterocycles. The Hall–Kier alpha value is -3.23. The molecular weight excluding hydrogens is 506 g/mol. The molecule has 3 N–H and O–H groups in total. The minimum Gasteiger partial charge on any atom is -0.394 e. The number of carbonyl (C=O) groups excluding carboxylic acids is 3. The highest BCUT2D eigenvalue weighted by molar-refractivity contribution is 6.04. The lowest BCUT2D eigenvalue weighted by molar-refractivity contribution is -0.149. The fourth-order valence-corrected chi connectivity index (χ4v) is 7.45. The van der Waals surface area contributed by atoms with Crippen molar-refractivity contribution in [3.8, 4) is 0 Å². The number of ether oxygens (including phenoxy) is 1. The largest absolute Gasteiger partial charge is 0.394 e. The second kappa shape index (κ2) is 11.0. The van der Waals surface area contributed by atoms with Gasteiger partial charge in [0.25, 0.3) is 0 Å². The quantitative estimate of drug-likeness (QED) is 0.422. The number of carbonyl (C=O) groups is 3. The molecule has 3 saturated heterocycles. The Balaban J connectivity index is 1.59. The number of para-hydroxylation sites is 1. The summed E-state index contributed by atoms with van der Waals surface area (Å²) in [6.45, 7) is 8.04. The minimum atomic E-state index is -1.15. The maximum atomic E-state index is 14.5. The van der Waals surface area contributed by atoms with Crippen LogP contribution < -0.4 is 10.6 Å². The molecule has 0 radical (unpaired) electrons. The van der Waals surface area contributed by atoms with Gasteiger partial charge in [0.2, 0.25) is 17.7 Å². The van der Waals surface area contributed by atoms with Crippen LogP contribution in [0.15, 0.2) is 48.5 Å². The predicted octanol–water partition coefficient (Wildman–Crippen LogP) is 3.53. The molecular formula is C32H41N3O5. The van der Waals surface area contributed by atoms with E-state index in [4.69, 9.17) is 4.74 Å². The summed E-state index contributed by atoms with van der Waals surface area (Å²) in [5.41, 5.74) is 1.55. The van der Waals surface area contributed by atoms with Crippen LogP contribution in [-0.4, -0.2) is 64.2 Å². The van der Waals surface area contributed by atoms with E-state index >= 15 is 0 Å². The molecule has 8 heteroatoms. The Morgan fingerprint density at radius 2 is 1.75 bits per heavy atom. The average Bonchev–Trinajstić information content (AvgIpc) is 3.56. The first-order chi connectivity index (χ1) is 19.2. The van der Waals surface area contributed by atoms with Crippen molar-refractivity contribution in [2.75, 3.05) is 18.5 Å². The van der Waals surface area contributed by atoms with Crippen molar-refractivity contribution in [2.45, 2.75) is 83.1 Å². The van der Waals surface area contributed by atoms with E-state index in [2.05, 4.69) is 10.6 Å². The molecule has 2 bridgehead atoms. The van der Waals surface area contributed by atoms with E-state index in [-0.39, 0.29) is 24.3 Å². The number of rotatable bonds is 10. The van der Waals surface area contributed by atoms with Crippen molar-refractivity contribution in [1.82, 2.24) is 10.2 Å². The van der Waals surface area contributed by atoms with Gasteiger partial charge < -0.3 is 25.4 Å². The molecule has 214 valence electrons. The summed E-state index contributed by atoms with van der Waals surface area (Å²) >= 11 is 0. The second-order valence-electron chi connectivity index (χ2n) is 11.7. The lowest BCUT2D eigenvalue weighted by atomic mass is 9.65. The van der Waals surface area contributed by atoms with Crippen molar-refractivity contribution in [2.24, 2.45) is 11.8 Å². The van der Waals surface area contributed by atoms with Crippen molar-refractivity contribution in [3.05, 3.63) is 65.2 Å². The molecule has 6 atom stereocenters. The molecule has 0 aliphatic carbocycles. The zero-order chi connectivity index (χ0) is 28.7. The number of nitrogens with one attached hydrogen (secondary N) is 2. The van der Waals surface area contributed by atoms with E-state index in [1.807, 2.05) is 76.2 Å². The number of aliphatic hydroxyl groups is 1. The van der Waals surface area contributed by atoms with Gasteiger partial charge in [0, 0.05) is 12.2 Å². The topological polar surface area (TPSA) is 108 Å². The third kappa shape index (κ3) is 4.41. The summed E-state index contributed by atoms with van der Waals surface area (Å²) in [6.07, 6.45) is 2.82. The van der Waals surface area contributed by atoms with Gasteiger partial charge in [0.05, 0.1) is 30.1 Å². The van der Waals surface area contributed by atoms with Crippen molar-refractivity contribution >= 4 is 23.4 Å². The van der Waals surface area contributed by atoms with E-state index in [0.29, 0.717) is 37.9 Å². The third-order valence-electron chi connectivity index (χ3n) is 9.35. The number of hydrogen-bond donors (Lipinski definition) is 3. The van der Waals surface area contributed by atoms with Gasteiger partial charge in [0.15, 0.2) is 0 Å². The molecule has 0 aromatic heterocycles. The fraction of sp³-hybridized carbons (Fsp3) is 0.531. The molecule has 3 fully saturated rings. The maximum Gasteiger partial charge on any atom is 0.250 e. The first kappa shape index (κ1) is 28.3.